The molecule has 2 heterocycles. The molecule has 1 saturated heterocycles. The van der Waals surface area contributed by atoms with E-state index in [1.54, 1.807) is 11.4 Å². The minimum absolute atomic E-state index is 0.252. The summed E-state index contributed by atoms with van der Waals surface area (Å²) in [6.07, 6.45) is 0. The van der Waals surface area contributed by atoms with Gasteiger partial charge >= 0.3 is 17.8 Å². The zero-order chi connectivity index (χ0) is 16.7. The zero-order valence-electron chi connectivity index (χ0n) is 12.8. The van der Waals surface area contributed by atoms with E-state index in [1.807, 2.05) is 0 Å². The van der Waals surface area contributed by atoms with E-state index in [0.29, 0.717) is 26.3 Å². The van der Waals surface area contributed by atoms with Crippen LogP contribution in [0.5, 0.6) is 0 Å². The van der Waals surface area contributed by atoms with E-state index < -0.39 is 17.8 Å². The number of rotatable bonds is 5. The first kappa shape index (κ1) is 17.4. The molecule has 9 heteroatoms. The lowest BCUT2D eigenvalue weighted by Gasteiger charge is -2.26. The summed E-state index contributed by atoms with van der Waals surface area (Å²) in [5, 5.41) is 6.61. The third-order valence-corrected chi connectivity index (χ3v) is 4.20. The van der Waals surface area contributed by atoms with Gasteiger partial charge in [0.25, 0.3) is 0 Å². The van der Waals surface area contributed by atoms with Crippen LogP contribution in [0.15, 0.2) is 11.4 Å². The largest absolute Gasteiger partial charge is 0.465 e. The van der Waals surface area contributed by atoms with E-state index in [4.69, 9.17) is 4.74 Å². The van der Waals surface area contributed by atoms with E-state index >= 15 is 0 Å². The number of nitrogens with one attached hydrogen (secondary N) is 2. The van der Waals surface area contributed by atoms with Gasteiger partial charge in [-0.2, -0.15) is 0 Å². The predicted molar refractivity (Wildman–Crippen MR) is 84.6 cm³/mol. The molecule has 0 bridgehead atoms. The number of methoxy groups -OCH3 is 1. The number of nitrogens with zero attached hydrogens (tertiary/aromatic N) is 1. The van der Waals surface area contributed by atoms with Crippen LogP contribution in [0.1, 0.15) is 9.67 Å². The molecule has 2 N–H and O–H groups in total. The monoisotopic (exact) mass is 341 g/mol. The molecule has 0 atom stereocenters. The number of carbonyl (C=O) groups excluding carboxylic acids is 3. The van der Waals surface area contributed by atoms with Gasteiger partial charge in [-0.25, -0.2) is 4.79 Å². The van der Waals surface area contributed by atoms with Gasteiger partial charge in [0.1, 0.15) is 4.88 Å². The van der Waals surface area contributed by atoms with Crippen molar-refractivity contribution >= 4 is 34.8 Å². The van der Waals surface area contributed by atoms with Gasteiger partial charge < -0.3 is 20.1 Å². The summed E-state index contributed by atoms with van der Waals surface area (Å²) in [6.45, 7) is 4.04. The Morgan fingerprint density at radius 3 is 2.74 bits per heavy atom. The molecule has 0 aromatic carbocycles. The molecule has 0 radical (unpaired) electrons. The standard InChI is InChI=1S/C14H19N3O5S/c1-21-14(20)11-10(2-9-23-11)16-13(19)12(18)15-3-4-17-5-7-22-8-6-17/h2,9H,3-8H2,1H3,(H,15,18)(H,16,19). The number of hydrogen-bond donors (Lipinski definition) is 2. The highest BCUT2D eigenvalue weighted by Gasteiger charge is 2.19. The van der Waals surface area contributed by atoms with Gasteiger partial charge in [-0.3, -0.25) is 14.5 Å². The molecule has 0 aliphatic carbocycles. The normalized spacial score (nSPS) is 15.0. The lowest BCUT2D eigenvalue weighted by atomic mass is 10.3. The van der Waals surface area contributed by atoms with Gasteiger partial charge in [-0.15, -0.1) is 11.3 Å². The molecule has 0 spiro atoms. The molecule has 1 aromatic heterocycles. The number of ether oxygens (including phenoxy) is 2. The number of anilines is 1. The van der Waals surface area contributed by atoms with Crippen molar-refractivity contribution in [3.05, 3.63) is 16.3 Å². The first-order valence-corrected chi connectivity index (χ1v) is 8.05. The molecular weight excluding hydrogens is 322 g/mol. The average Bonchev–Trinajstić information content (AvgIpc) is 3.03. The molecule has 1 aromatic rings. The summed E-state index contributed by atoms with van der Waals surface area (Å²) in [7, 11) is 1.26. The third-order valence-electron chi connectivity index (χ3n) is 3.31. The van der Waals surface area contributed by atoms with Crippen molar-refractivity contribution in [3.63, 3.8) is 0 Å². The number of morpholine rings is 1. The first-order chi connectivity index (χ1) is 11.1. The zero-order valence-corrected chi connectivity index (χ0v) is 13.6. The molecule has 126 valence electrons. The summed E-state index contributed by atoms with van der Waals surface area (Å²) in [5.74, 6) is -2.10. The first-order valence-electron chi connectivity index (χ1n) is 7.17. The lowest BCUT2D eigenvalue weighted by molar-refractivity contribution is -0.136. The molecule has 1 aliphatic rings. The van der Waals surface area contributed by atoms with E-state index in [9.17, 15) is 14.4 Å². The van der Waals surface area contributed by atoms with Crippen LogP contribution in [0.2, 0.25) is 0 Å². The summed E-state index contributed by atoms with van der Waals surface area (Å²) in [4.78, 5) is 37.5. The van der Waals surface area contributed by atoms with E-state index in [2.05, 4.69) is 20.3 Å². The number of amides is 2. The Labute approximate surface area is 137 Å². The van der Waals surface area contributed by atoms with Crippen molar-refractivity contribution in [2.24, 2.45) is 0 Å². The van der Waals surface area contributed by atoms with Crippen LogP contribution in [0.4, 0.5) is 5.69 Å². The highest BCUT2D eigenvalue weighted by molar-refractivity contribution is 7.12. The Kier molecular flexibility index (Phi) is 6.51. The van der Waals surface area contributed by atoms with Crippen molar-refractivity contribution in [3.8, 4) is 0 Å². The molecular formula is C14H19N3O5S. The lowest BCUT2D eigenvalue weighted by Crippen LogP contribution is -2.43. The van der Waals surface area contributed by atoms with E-state index in [1.165, 1.54) is 7.11 Å². The maximum absolute atomic E-state index is 11.9. The van der Waals surface area contributed by atoms with Gasteiger partial charge in [-0.05, 0) is 11.4 Å². The fourth-order valence-corrected chi connectivity index (χ4v) is 2.84. The topological polar surface area (TPSA) is 97.0 Å². The maximum Gasteiger partial charge on any atom is 0.350 e. The highest BCUT2D eigenvalue weighted by atomic mass is 32.1. The van der Waals surface area contributed by atoms with Crippen LogP contribution < -0.4 is 10.6 Å². The van der Waals surface area contributed by atoms with Gasteiger partial charge in [0, 0.05) is 26.2 Å². The second-order valence-corrected chi connectivity index (χ2v) is 5.74. The Bertz CT molecular complexity index is 569. The second-order valence-electron chi connectivity index (χ2n) is 4.82. The molecule has 0 unspecified atom stereocenters. The number of esters is 1. The summed E-state index contributed by atoms with van der Waals surface area (Å²) < 4.78 is 9.85. The molecule has 0 saturated carbocycles. The van der Waals surface area contributed by atoms with Crippen molar-refractivity contribution in [2.75, 3.05) is 51.8 Å². The Morgan fingerprint density at radius 2 is 2.04 bits per heavy atom. The van der Waals surface area contributed by atoms with Crippen LogP contribution in [-0.4, -0.2) is 69.2 Å². The Morgan fingerprint density at radius 1 is 1.30 bits per heavy atom. The van der Waals surface area contributed by atoms with Crippen LogP contribution in [-0.2, 0) is 19.1 Å². The Balaban J connectivity index is 1.77. The smallest absolute Gasteiger partial charge is 0.350 e. The molecule has 23 heavy (non-hydrogen) atoms. The van der Waals surface area contributed by atoms with E-state index in [0.717, 1.165) is 24.4 Å². The van der Waals surface area contributed by atoms with Crippen LogP contribution >= 0.6 is 11.3 Å². The van der Waals surface area contributed by atoms with Gasteiger partial charge in [-0.1, -0.05) is 0 Å². The number of carbonyl (C=O) groups is 3. The third kappa shape index (κ3) is 5.02. The van der Waals surface area contributed by atoms with Gasteiger partial charge in [0.2, 0.25) is 0 Å². The summed E-state index contributed by atoms with van der Waals surface area (Å²) in [5.41, 5.74) is 0.273. The number of hydrogen-bond acceptors (Lipinski definition) is 7. The van der Waals surface area contributed by atoms with Crippen LogP contribution in [0.25, 0.3) is 0 Å². The molecule has 1 aliphatic heterocycles. The minimum Gasteiger partial charge on any atom is -0.465 e. The quantitative estimate of drug-likeness (QED) is 0.574. The number of thiophene rings is 1. The maximum atomic E-state index is 11.9. The highest BCUT2D eigenvalue weighted by Crippen LogP contribution is 2.22. The van der Waals surface area contributed by atoms with Crippen LogP contribution in [0, 0.1) is 0 Å². The summed E-state index contributed by atoms with van der Waals surface area (Å²) in [6, 6.07) is 1.55. The van der Waals surface area contributed by atoms with Gasteiger partial charge in [0.15, 0.2) is 0 Å². The summed E-state index contributed by atoms with van der Waals surface area (Å²) >= 11 is 1.13. The molecule has 2 rings (SSSR count). The Hall–Kier alpha value is -1.97. The van der Waals surface area contributed by atoms with Crippen molar-refractivity contribution < 1.29 is 23.9 Å². The van der Waals surface area contributed by atoms with Crippen LogP contribution in [0.3, 0.4) is 0 Å². The minimum atomic E-state index is -0.810. The van der Waals surface area contributed by atoms with Crippen molar-refractivity contribution in [2.45, 2.75) is 0 Å². The molecule has 1 fully saturated rings. The van der Waals surface area contributed by atoms with Gasteiger partial charge in [0.05, 0.1) is 26.0 Å². The molecule has 8 nitrogen and oxygen atoms in total. The fourth-order valence-electron chi connectivity index (χ4n) is 2.07. The second kappa shape index (κ2) is 8.61. The van der Waals surface area contributed by atoms with E-state index in [-0.39, 0.29) is 10.6 Å². The SMILES string of the molecule is COC(=O)c1sccc1NC(=O)C(=O)NCCN1CCOCC1. The molecule has 2 amide bonds. The fraction of sp³-hybridized carbons (Fsp3) is 0.500. The predicted octanol–water partition coefficient (Wildman–Crippen LogP) is -0.0784. The average molecular weight is 341 g/mol. The van der Waals surface area contributed by atoms with Crippen molar-refractivity contribution in [1.82, 2.24) is 10.2 Å². The van der Waals surface area contributed by atoms with Crippen molar-refractivity contribution in [1.29, 1.82) is 0 Å².